The van der Waals surface area contributed by atoms with Crippen LogP contribution in [-0.2, 0) is 13.0 Å². The van der Waals surface area contributed by atoms with E-state index in [9.17, 15) is 8.78 Å². The first kappa shape index (κ1) is 13.1. The van der Waals surface area contributed by atoms with E-state index in [0.717, 1.165) is 18.3 Å². The van der Waals surface area contributed by atoms with Gasteiger partial charge in [0, 0.05) is 17.5 Å². The molecule has 2 aromatic rings. The minimum atomic E-state index is -0.525. The van der Waals surface area contributed by atoms with Gasteiger partial charge in [0.15, 0.2) is 0 Å². The molecule has 18 heavy (non-hydrogen) atoms. The zero-order chi connectivity index (χ0) is 13.0. The second kappa shape index (κ2) is 6.02. The van der Waals surface area contributed by atoms with Crippen LogP contribution >= 0.6 is 11.3 Å². The van der Waals surface area contributed by atoms with Crippen molar-refractivity contribution in [2.24, 2.45) is 0 Å². The van der Waals surface area contributed by atoms with Gasteiger partial charge in [-0.25, -0.2) is 13.8 Å². The number of aryl methyl sites for hydroxylation is 1. The van der Waals surface area contributed by atoms with Crippen LogP contribution in [-0.4, -0.2) is 11.5 Å². The van der Waals surface area contributed by atoms with Crippen molar-refractivity contribution in [3.05, 3.63) is 51.5 Å². The van der Waals surface area contributed by atoms with Crippen molar-refractivity contribution in [2.75, 3.05) is 6.54 Å². The fraction of sp³-hybridized carbons (Fsp3) is 0.308. The Morgan fingerprint density at radius 1 is 1.22 bits per heavy atom. The number of hydrogen-bond acceptors (Lipinski definition) is 3. The van der Waals surface area contributed by atoms with Crippen molar-refractivity contribution in [3.8, 4) is 0 Å². The maximum atomic E-state index is 12.9. The van der Waals surface area contributed by atoms with Crippen molar-refractivity contribution < 1.29 is 8.78 Å². The largest absolute Gasteiger partial charge is 0.311 e. The van der Waals surface area contributed by atoms with E-state index in [-0.39, 0.29) is 0 Å². The third kappa shape index (κ3) is 3.58. The zero-order valence-electron chi connectivity index (χ0n) is 10.0. The van der Waals surface area contributed by atoms with E-state index in [2.05, 4.69) is 10.3 Å². The van der Waals surface area contributed by atoms with Crippen molar-refractivity contribution in [1.82, 2.24) is 10.3 Å². The van der Waals surface area contributed by atoms with Gasteiger partial charge in [0.05, 0.1) is 11.2 Å². The van der Waals surface area contributed by atoms with Gasteiger partial charge in [-0.1, -0.05) is 0 Å². The van der Waals surface area contributed by atoms with Gasteiger partial charge in [0.25, 0.3) is 0 Å². The molecule has 0 saturated heterocycles. The van der Waals surface area contributed by atoms with E-state index in [1.807, 2.05) is 12.4 Å². The van der Waals surface area contributed by atoms with Crippen LogP contribution in [0.1, 0.15) is 16.1 Å². The molecule has 0 atom stereocenters. The van der Waals surface area contributed by atoms with Crippen LogP contribution in [0.4, 0.5) is 8.78 Å². The van der Waals surface area contributed by atoms with E-state index < -0.39 is 11.6 Å². The molecule has 0 bridgehead atoms. The molecule has 1 aromatic heterocycles. The third-order valence-corrected chi connectivity index (χ3v) is 3.58. The third-order valence-electron chi connectivity index (χ3n) is 2.64. The molecule has 0 aliphatic carbocycles. The van der Waals surface area contributed by atoms with Crippen LogP contribution < -0.4 is 5.32 Å². The molecule has 5 heteroatoms. The summed E-state index contributed by atoms with van der Waals surface area (Å²) in [4.78, 5) is 5.35. The number of aromatic nitrogens is 1. The highest BCUT2D eigenvalue weighted by atomic mass is 32.1. The van der Waals surface area contributed by atoms with E-state index >= 15 is 0 Å². The van der Waals surface area contributed by atoms with Crippen molar-refractivity contribution in [1.29, 1.82) is 0 Å². The van der Waals surface area contributed by atoms with Crippen molar-refractivity contribution in [3.63, 3.8) is 0 Å². The highest BCUT2D eigenvalue weighted by Gasteiger charge is 2.02. The molecule has 1 aromatic carbocycles. The Kier molecular flexibility index (Phi) is 4.38. The summed E-state index contributed by atoms with van der Waals surface area (Å²) in [6.07, 6.45) is 0.604. The van der Waals surface area contributed by atoms with Gasteiger partial charge in [-0.2, -0.15) is 0 Å². The molecule has 2 rings (SSSR count). The average molecular weight is 268 g/mol. The number of hydrogen-bond donors (Lipinski definition) is 1. The molecule has 96 valence electrons. The van der Waals surface area contributed by atoms with Crippen LogP contribution in [0, 0.1) is 18.6 Å². The van der Waals surface area contributed by atoms with Crippen LogP contribution in [0.3, 0.4) is 0 Å². The van der Waals surface area contributed by atoms with Crippen LogP contribution in [0.2, 0.25) is 0 Å². The highest BCUT2D eigenvalue weighted by molar-refractivity contribution is 7.09. The van der Waals surface area contributed by atoms with Crippen LogP contribution in [0.15, 0.2) is 23.7 Å². The molecule has 0 radical (unpaired) electrons. The van der Waals surface area contributed by atoms with Gasteiger partial charge in [0.1, 0.15) is 11.6 Å². The Labute approximate surface area is 109 Å². The van der Waals surface area contributed by atoms with Gasteiger partial charge in [-0.3, -0.25) is 0 Å². The Hall–Kier alpha value is -1.33. The highest BCUT2D eigenvalue weighted by Crippen LogP contribution is 2.11. The summed E-state index contributed by atoms with van der Waals surface area (Å²) in [5.41, 5.74) is 3.51. The van der Waals surface area contributed by atoms with E-state index in [0.29, 0.717) is 18.5 Å². The minimum Gasteiger partial charge on any atom is -0.311 e. The number of thiazole rings is 1. The molecule has 0 saturated carbocycles. The molecule has 1 heterocycles. The molecular formula is C13H14F2N2S. The first-order valence-corrected chi connectivity index (χ1v) is 6.58. The Balaban J connectivity index is 1.80. The molecule has 0 unspecified atom stereocenters. The topological polar surface area (TPSA) is 24.9 Å². The van der Waals surface area contributed by atoms with Gasteiger partial charge in [-0.15, -0.1) is 11.3 Å². The lowest BCUT2D eigenvalue weighted by Gasteiger charge is -2.04. The van der Waals surface area contributed by atoms with Gasteiger partial charge in [-0.05, 0) is 37.6 Å². The first-order chi connectivity index (χ1) is 8.65. The Morgan fingerprint density at radius 3 is 2.56 bits per heavy atom. The average Bonchev–Trinajstić information content (AvgIpc) is 2.69. The lowest BCUT2D eigenvalue weighted by molar-refractivity contribution is 0.577. The minimum absolute atomic E-state index is 0.525. The SMILES string of the molecule is Cc1ncsc1CNCCc1cc(F)cc(F)c1. The molecule has 0 amide bonds. The van der Waals surface area contributed by atoms with Crippen LogP contribution in [0.25, 0.3) is 0 Å². The summed E-state index contributed by atoms with van der Waals surface area (Å²) in [5.74, 6) is -1.05. The Bertz CT molecular complexity index is 505. The molecule has 0 aliphatic heterocycles. The number of halogens is 2. The summed E-state index contributed by atoms with van der Waals surface area (Å²) in [7, 11) is 0. The van der Waals surface area contributed by atoms with E-state index in [4.69, 9.17) is 0 Å². The molecule has 0 aliphatic rings. The van der Waals surface area contributed by atoms with Gasteiger partial charge < -0.3 is 5.32 Å². The summed E-state index contributed by atoms with van der Waals surface area (Å²) in [6, 6.07) is 3.61. The molecular weight excluding hydrogens is 254 g/mol. The monoisotopic (exact) mass is 268 g/mol. The fourth-order valence-electron chi connectivity index (χ4n) is 1.69. The number of rotatable bonds is 5. The molecule has 0 spiro atoms. The summed E-state index contributed by atoms with van der Waals surface area (Å²) >= 11 is 1.61. The second-order valence-corrected chi connectivity index (χ2v) is 5.00. The summed E-state index contributed by atoms with van der Waals surface area (Å²) in [6.45, 7) is 3.39. The number of nitrogens with zero attached hydrogens (tertiary/aromatic N) is 1. The van der Waals surface area contributed by atoms with E-state index in [1.54, 1.807) is 11.3 Å². The standard InChI is InChI=1S/C13H14F2N2S/c1-9-13(18-8-17-9)7-16-3-2-10-4-11(14)6-12(15)5-10/h4-6,8,16H,2-3,7H2,1H3. The predicted octanol–water partition coefficient (Wildman–Crippen LogP) is 3.06. The molecule has 1 N–H and O–H groups in total. The lowest BCUT2D eigenvalue weighted by atomic mass is 10.1. The lowest BCUT2D eigenvalue weighted by Crippen LogP contribution is -2.16. The number of nitrogens with one attached hydrogen (secondary N) is 1. The zero-order valence-corrected chi connectivity index (χ0v) is 10.9. The van der Waals surface area contributed by atoms with Gasteiger partial charge >= 0.3 is 0 Å². The van der Waals surface area contributed by atoms with Crippen molar-refractivity contribution in [2.45, 2.75) is 19.9 Å². The maximum Gasteiger partial charge on any atom is 0.126 e. The maximum absolute atomic E-state index is 12.9. The number of benzene rings is 1. The van der Waals surface area contributed by atoms with Crippen molar-refractivity contribution >= 4 is 11.3 Å². The van der Waals surface area contributed by atoms with Crippen LogP contribution in [0.5, 0.6) is 0 Å². The summed E-state index contributed by atoms with van der Waals surface area (Å²) < 4.78 is 25.9. The smallest absolute Gasteiger partial charge is 0.126 e. The van der Waals surface area contributed by atoms with Gasteiger partial charge in [0.2, 0.25) is 0 Å². The quantitative estimate of drug-likeness (QED) is 0.843. The van der Waals surface area contributed by atoms with E-state index in [1.165, 1.54) is 17.0 Å². The predicted molar refractivity (Wildman–Crippen MR) is 68.6 cm³/mol. The molecule has 2 nitrogen and oxygen atoms in total. The first-order valence-electron chi connectivity index (χ1n) is 5.70. The fourth-order valence-corrected chi connectivity index (χ4v) is 2.43. The second-order valence-electron chi connectivity index (χ2n) is 4.07. The normalized spacial score (nSPS) is 10.8. The molecule has 0 fully saturated rings. The Morgan fingerprint density at radius 2 is 1.94 bits per heavy atom. The summed E-state index contributed by atoms with van der Waals surface area (Å²) in [5, 5.41) is 3.24.